The number of rotatable bonds is 8. The average molecular weight is 491 g/mol. The van der Waals surface area contributed by atoms with E-state index < -0.39 is 5.97 Å². The Balaban J connectivity index is 1.50. The summed E-state index contributed by atoms with van der Waals surface area (Å²) in [5.74, 6) is 6.85. The molecule has 1 N–H and O–H groups in total. The van der Waals surface area contributed by atoms with Crippen LogP contribution in [0.2, 0.25) is 0 Å². The Morgan fingerprint density at radius 3 is 2.08 bits per heavy atom. The molecule has 3 nitrogen and oxygen atoms in total. The second kappa shape index (κ2) is 12.5. The Morgan fingerprint density at radius 2 is 1.44 bits per heavy atom. The van der Waals surface area contributed by atoms with Gasteiger partial charge in [-0.15, -0.1) is 11.8 Å². The van der Waals surface area contributed by atoms with Gasteiger partial charge in [-0.3, -0.25) is 0 Å². The number of hydrogen-bond acceptors (Lipinski definition) is 3. The van der Waals surface area contributed by atoms with E-state index in [2.05, 4.69) is 66.4 Å². The van der Waals surface area contributed by atoms with E-state index in [9.17, 15) is 4.79 Å². The number of carboxylic acids is 1. The van der Waals surface area contributed by atoms with Crippen LogP contribution in [0, 0.1) is 18.8 Å². The summed E-state index contributed by atoms with van der Waals surface area (Å²) in [7, 11) is 0. The summed E-state index contributed by atoms with van der Waals surface area (Å²) in [4.78, 5) is 11.9. The topological polar surface area (TPSA) is 46.5 Å². The molecule has 36 heavy (non-hydrogen) atoms. The van der Waals surface area contributed by atoms with Crippen LogP contribution in [0.4, 0.5) is 0 Å². The largest absolute Gasteiger partial charge is 0.482 e. The average Bonchev–Trinajstić information content (AvgIpc) is 2.91. The molecule has 0 radical (unpaired) electrons. The predicted molar refractivity (Wildman–Crippen MR) is 147 cm³/mol. The van der Waals surface area contributed by atoms with Crippen molar-refractivity contribution >= 4 is 23.3 Å². The summed E-state index contributed by atoms with van der Waals surface area (Å²) in [6.45, 7) is 1.59. The molecule has 0 aromatic heterocycles. The van der Waals surface area contributed by atoms with Gasteiger partial charge >= 0.3 is 5.97 Å². The van der Waals surface area contributed by atoms with Crippen LogP contribution < -0.4 is 4.74 Å². The van der Waals surface area contributed by atoms with Crippen molar-refractivity contribution in [2.45, 2.75) is 11.8 Å². The highest BCUT2D eigenvalue weighted by molar-refractivity contribution is 7.99. The maximum atomic E-state index is 10.8. The van der Waals surface area contributed by atoms with E-state index in [4.69, 9.17) is 9.84 Å². The lowest BCUT2D eigenvalue weighted by atomic mass is 9.97. The van der Waals surface area contributed by atoms with Crippen LogP contribution in [-0.2, 0) is 4.79 Å². The van der Waals surface area contributed by atoms with Crippen LogP contribution in [0.3, 0.4) is 0 Å². The molecule has 0 bridgehead atoms. The standard InChI is InChI=1S/C32H26O3S/c1-24-22-29(18-19-31(24)35-23-32(33)34)36-21-20-30(27-10-6-3-7-11-27)28-16-14-26(15-17-28)13-12-25-8-4-2-5-9-25/h2-11,14-20,22H,21,23H2,1H3,(H,33,34)/b30-20+. The fourth-order valence-corrected chi connectivity index (χ4v) is 4.52. The Bertz CT molecular complexity index is 1400. The van der Waals surface area contributed by atoms with E-state index in [0.29, 0.717) is 5.75 Å². The van der Waals surface area contributed by atoms with Crippen LogP contribution in [0.1, 0.15) is 27.8 Å². The van der Waals surface area contributed by atoms with Gasteiger partial charge in [0.2, 0.25) is 0 Å². The molecule has 0 atom stereocenters. The van der Waals surface area contributed by atoms with Crippen molar-refractivity contribution in [3.8, 4) is 17.6 Å². The first-order valence-electron chi connectivity index (χ1n) is 11.6. The van der Waals surface area contributed by atoms with Crippen molar-refractivity contribution in [3.63, 3.8) is 0 Å². The maximum Gasteiger partial charge on any atom is 0.341 e. The number of aliphatic carboxylic acids is 1. The lowest BCUT2D eigenvalue weighted by molar-refractivity contribution is -0.139. The number of hydrogen-bond donors (Lipinski definition) is 1. The molecule has 0 saturated carbocycles. The quantitative estimate of drug-likeness (QED) is 0.212. The summed E-state index contributed by atoms with van der Waals surface area (Å²) in [6.07, 6.45) is 2.24. The molecular weight excluding hydrogens is 464 g/mol. The monoisotopic (exact) mass is 490 g/mol. The maximum absolute atomic E-state index is 10.8. The zero-order valence-corrected chi connectivity index (χ0v) is 20.8. The molecule has 4 aromatic rings. The molecule has 4 aromatic carbocycles. The summed E-state index contributed by atoms with van der Waals surface area (Å²) < 4.78 is 5.33. The van der Waals surface area contributed by atoms with Crippen LogP contribution >= 0.6 is 11.8 Å². The minimum atomic E-state index is -0.984. The summed E-state index contributed by atoms with van der Waals surface area (Å²) in [5.41, 5.74) is 6.37. The van der Waals surface area contributed by atoms with Crippen LogP contribution in [0.5, 0.6) is 5.75 Å². The van der Waals surface area contributed by atoms with Crippen LogP contribution in [0.15, 0.2) is 114 Å². The first-order chi connectivity index (χ1) is 17.6. The highest BCUT2D eigenvalue weighted by Gasteiger charge is 2.07. The Kier molecular flexibility index (Phi) is 8.64. The first kappa shape index (κ1) is 24.9. The predicted octanol–water partition coefficient (Wildman–Crippen LogP) is 7.08. The van der Waals surface area contributed by atoms with Crippen molar-refractivity contribution in [2.75, 3.05) is 12.4 Å². The van der Waals surface area contributed by atoms with E-state index in [-0.39, 0.29) is 6.61 Å². The van der Waals surface area contributed by atoms with Gasteiger partial charge in [0.15, 0.2) is 6.61 Å². The van der Waals surface area contributed by atoms with Gasteiger partial charge in [0.1, 0.15) is 5.75 Å². The van der Waals surface area contributed by atoms with E-state index in [0.717, 1.165) is 38.5 Å². The molecular formula is C32H26O3S. The molecule has 4 heteroatoms. The molecule has 0 aliphatic carbocycles. The highest BCUT2D eigenvalue weighted by atomic mass is 32.2. The Hall–Kier alpha value is -4.20. The molecule has 4 rings (SSSR count). The van der Waals surface area contributed by atoms with Gasteiger partial charge in [-0.25, -0.2) is 4.79 Å². The Morgan fingerprint density at radius 1 is 0.833 bits per heavy atom. The number of ether oxygens (including phenoxy) is 1. The Labute approximate surface area is 216 Å². The van der Waals surface area contributed by atoms with Gasteiger partial charge in [-0.1, -0.05) is 78.6 Å². The van der Waals surface area contributed by atoms with Gasteiger partial charge < -0.3 is 9.84 Å². The second-order valence-corrected chi connectivity index (χ2v) is 9.19. The lowest BCUT2D eigenvalue weighted by Crippen LogP contribution is -2.09. The fourth-order valence-electron chi connectivity index (χ4n) is 3.65. The van der Waals surface area contributed by atoms with Crippen LogP contribution in [0.25, 0.3) is 5.57 Å². The van der Waals surface area contributed by atoms with E-state index in [1.54, 1.807) is 11.8 Å². The van der Waals surface area contributed by atoms with E-state index in [1.807, 2.05) is 61.5 Å². The summed E-state index contributed by atoms with van der Waals surface area (Å²) >= 11 is 1.72. The van der Waals surface area contributed by atoms with Gasteiger partial charge in [-0.2, -0.15) is 0 Å². The fraction of sp³-hybridized carbons (Fsp3) is 0.0938. The molecule has 0 aliphatic rings. The molecule has 0 amide bonds. The third-order valence-corrected chi connectivity index (χ3v) is 6.36. The molecule has 0 heterocycles. The molecule has 0 spiro atoms. The minimum absolute atomic E-state index is 0.340. The third-order valence-electron chi connectivity index (χ3n) is 5.44. The lowest BCUT2D eigenvalue weighted by Gasteiger charge is -2.10. The number of carbonyl (C=O) groups is 1. The number of carboxylic acid groups (broad SMARTS) is 1. The zero-order chi connectivity index (χ0) is 25.2. The molecule has 0 aliphatic heterocycles. The van der Waals surface area contributed by atoms with Gasteiger partial charge in [0.05, 0.1) is 0 Å². The van der Waals surface area contributed by atoms with Crippen molar-refractivity contribution in [1.82, 2.24) is 0 Å². The second-order valence-electron chi connectivity index (χ2n) is 8.10. The molecule has 0 unspecified atom stereocenters. The van der Waals surface area contributed by atoms with E-state index >= 15 is 0 Å². The molecule has 0 saturated heterocycles. The van der Waals surface area contributed by atoms with Crippen molar-refractivity contribution < 1.29 is 14.6 Å². The van der Waals surface area contributed by atoms with Crippen molar-refractivity contribution in [3.05, 3.63) is 137 Å². The zero-order valence-electron chi connectivity index (χ0n) is 20.0. The number of aryl methyl sites for hydroxylation is 1. The summed E-state index contributed by atoms with van der Waals surface area (Å²) in [6, 6.07) is 34.5. The minimum Gasteiger partial charge on any atom is -0.482 e. The van der Waals surface area contributed by atoms with Gasteiger partial charge in [0, 0.05) is 21.8 Å². The highest BCUT2D eigenvalue weighted by Crippen LogP contribution is 2.29. The van der Waals surface area contributed by atoms with Gasteiger partial charge in [-0.05, 0) is 71.7 Å². The van der Waals surface area contributed by atoms with Crippen LogP contribution in [-0.4, -0.2) is 23.4 Å². The smallest absolute Gasteiger partial charge is 0.341 e. The molecule has 178 valence electrons. The first-order valence-corrected chi connectivity index (χ1v) is 12.6. The summed E-state index contributed by atoms with van der Waals surface area (Å²) in [5, 5.41) is 8.82. The number of thioether (sulfide) groups is 1. The SMILES string of the molecule is Cc1cc(SC/C=C(\c2ccccc2)c2ccc(C#Cc3ccccc3)cc2)ccc1OCC(=O)O. The normalized spacial score (nSPS) is 10.9. The van der Waals surface area contributed by atoms with Crippen molar-refractivity contribution in [1.29, 1.82) is 0 Å². The molecule has 0 fully saturated rings. The third kappa shape index (κ3) is 7.15. The van der Waals surface area contributed by atoms with E-state index in [1.165, 1.54) is 5.57 Å². The number of benzene rings is 4. The van der Waals surface area contributed by atoms with Gasteiger partial charge in [0.25, 0.3) is 0 Å². The van der Waals surface area contributed by atoms with Crippen molar-refractivity contribution in [2.24, 2.45) is 0 Å².